The number of guanidine groups is 1. The fourth-order valence-electron chi connectivity index (χ4n) is 1.61. The van der Waals surface area contributed by atoms with Crippen LogP contribution in [0, 0.1) is 6.92 Å². The predicted octanol–water partition coefficient (Wildman–Crippen LogP) is 1.67. The fourth-order valence-corrected chi connectivity index (χ4v) is 2.34. The minimum atomic E-state index is 0. The average Bonchev–Trinajstić information content (AvgIpc) is 2.99. The molecule has 0 aliphatic rings. The van der Waals surface area contributed by atoms with Gasteiger partial charge in [-0.3, -0.25) is 9.67 Å². The molecule has 0 amide bonds. The summed E-state index contributed by atoms with van der Waals surface area (Å²) in [6.45, 7) is 3.44. The molecular formula is C12H19IN6S. The van der Waals surface area contributed by atoms with Crippen molar-refractivity contribution >= 4 is 41.3 Å². The van der Waals surface area contributed by atoms with Gasteiger partial charge in [-0.05, 0) is 6.92 Å². The maximum atomic E-state index is 4.30. The van der Waals surface area contributed by atoms with Crippen LogP contribution in [0.3, 0.4) is 0 Å². The van der Waals surface area contributed by atoms with E-state index >= 15 is 0 Å². The van der Waals surface area contributed by atoms with E-state index in [1.807, 2.05) is 25.6 Å². The number of halogens is 1. The van der Waals surface area contributed by atoms with Crippen LogP contribution >= 0.6 is 35.3 Å². The number of thiazole rings is 1. The van der Waals surface area contributed by atoms with E-state index < -0.39 is 0 Å². The molecule has 0 bridgehead atoms. The van der Waals surface area contributed by atoms with Crippen molar-refractivity contribution in [2.75, 3.05) is 7.05 Å². The highest BCUT2D eigenvalue weighted by atomic mass is 127. The van der Waals surface area contributed by atoms with Crippen molar-refractivity contribution in [3.8, 4) is 0 Å². The number of aromatic nitrogens is 3. The summed E-state index contributed by atoms with van der Waals surface area (Å²) in [6.07, 6.45) is 5.70. The third-order valence-corrected chi connectivity index (χ3v) is 3.43. The first-order valence-electron chi connectivity index (χ1n) is 6.00. The zero-order chi connectivity index (χ0) is 13.7. The van der Waals surface area contributed by atoms with Gasteiger partial charge in [0, 0.05) is 43.5 Å². The van der Waals surface area contributed by atoms with E-state index in [4.69, 9.17) is 0 Å². The first-order chi connectivity index (χ1) is 9.17. The Morgan fingerprint density at radius 3 is 2.65 bits per heavy atom. The van der Waals surface area contributed by atoms with E-state index in [1.165, 1.54) is 4.88 Å². The highest BCUT2D eigenvalue weighted by Crippen LogP contribution is 2.10. The van der Waals surface area contributed by atoms with Crippen LogP contribution in [0.15, 0.2) is 23.6 Å². The molecule has 8 heteroatoms. The van der Waals surface area contributed by atoms with Crippen molar-refractivity contribution in [1.29, 1.82) is 0 Å². The van der Waals surface area contributed by atoms with Gasteiger partial charge in [0.2, 0.25) is 0 Å². The molecule has 0 atom stereocenters. The first-order valence-corrected chi connectivity index (χ1v) is 6.82. The molecule has 0 saturated carbocycles. The van der Waals surface area contributed by atoms with E-state index in [2.05, 4.69) is 32.6 Å². The Morgan fingerprint density at radius 1 is 1.35 bits per heavy atom. The molecule has 2 aromatic heterocycles. The van der Waals surface area contributed by atoms with Crippen LogP contribution in [0.4, 0.5) is 0 Å². The molecule has 0 saturated heterocycles. The summed E-state index contributed by atoms with van der Waals surface area (Å²) in [4.78, 5) is 9.70. The number of aliphatic imine (C=N–C) groups is 1. The standard InChI is InChI=1S/C12H18N6S.HI/c1-9-4-14-11(19-9)7-16-12(13-2)15-5-10-6-17-18(3)8-10;/h4,6,8H,5,7H2,1-3H3,(H2,13,15,16);1H. The molecule has 2 aromatic rings. The molecule has 6 nitrogen and oxygen atoms in total. The van der Waals surface area contributed by atoms with Gasteiger partial charge in [-0.1, -0.05) is 0 Å². The molecule has 20 heavy (non-hydrogen) atoms. The minimum absolute atomic E-state index is 0. The maximum absolute atomic E-state index is 4.30. The van der Waals surface area contributed by atoms with Crippen LogP contribution in [0.1, 0.15) is 15.4 Å². The maximum Gasteiger partial charge on any atom is 0.191 e. The van der Waals surface area contributed by atoms with Crippen LogP contribution < -0.4 is 10.6 Å². The van der Waals surface area contributed by atoms with Gasteiger partial charge in [0.1, 0.15) is 5.01 Å². The Kier molecular flexibility index (Phi) is 6.93. The van der Waals surface area contributed by atoms with Crippen molar-refractivity contribution in [2.45, 2.75) is 20.0 Å². The number of hydrogen-bond donors (Lipinski definition) is 2. The monoisotopic (exact) mass is 406 g/mol. The van der Waals surface area contributed by atoms with Crippen LogP contribution in [-0.4, -0.2) is 27.8 Å². The lowest BCUT2D eigenvalue weighted by Gasteiger charge is -2.09. The molecular weight excluding hydrogens is 387 g/mol. The van der Waals surface area contributed by atoms with Gasteiger partial charge >= 0.3 is 0 Å². The lowest BCUT2D eigenvalue weighted by atomic mass is 10.4. The van der Waals surface area contributed by atoms with E-state index in [0.29, 0.717) is 13.1 Å². The summed E-state index contributed by atoms with van der Waals surface area (Å²) in [5.74, 6) is 0.761. The van der Waals surface area contributed by atoms with E-state index in [0.717, 1.165) is 16.5 Å². The summed E-state index contributed by atoms with van der Waals surface area (Å²) >= 11 is 1.69. The van der Waals surface area contributed by atoms with Crippen LogP contribution in [0.25, 0.3) is 0 Å². The average molecular weight is 406 g/mol. The number of nitrogens with one attached hydrogen (secondary N) is 2. The predicted molar refractivity (Wildman–Crippen MR) is 92.5 cm³/mol. The van der Waals surface area contributed by atoms with Gasteiger partial charge in [-0.2, -0.15) is 5.10 Å². The Bertz CT molecular complexity index is 516. The van der Waals surface area contributed by atoms with Gasteiger partial charge in [-0.25, -0.2) is 4.98 Å². The number of nitrogens with zero attached hydrogens (tertiary/aromatic N) is 4. The molecule has 2 heterocycles. The largest absolute Gasteiger partial charge is 0.352 e. The number of aryl methyl sites for hydroxylation is 2. The van der Waals surface area contributed by atoms with Crippen molar-refractivity contribution < 1.29 is 0 Å². The zero-order valence-electron chi connectivity index (χ0n) is 11.8. The van der Waals surface area contributed by atoms with Crippen molar-refractivity contribution in [3.05, 3.63) is 34.0 Å². The molecule has 0 unspecified atom stereocenters. The highest BCUT2D eigenvalue weighted by Gasteiger charge is 2.02. The Morgan fingerprint density at radius 2 is 2.10 bits per heavy atom. The molecule has 0 aliphatic carbocycles. The summed E-state index contributed by atoms with van der Waals surface area (Å²) < 4.78 is 1.78. The Labute approximate surface area is 139 Å². The second kappa shape index (κ2) is 8.20. The molecule has 0 spiro atoms. The summed E-state index contributed by atoms with van der Waals surface area (Å²) in [5.41, 5.74) is 1.12. The van der Waals surface area contributed by atoms with Gasteiger partial charge in [0.25, 0.3) is 0 Å². The van der Waals surface area contributed by atoms with Gasteiger partial charge < -0.3 is 10.6 Å². The molecule has 0 fully saturated rings. The zero-order valence-corrected chi connectivity index (χ0v) is 14.9. The third kappa shape index (κ3) is 5.08. The van der Waals surface area contributed by atoms with Crippen LogP contribution in [0.5, 0.6) is 0 Å². The molecule has 0 radical (unpaired) electrons. The van der Waals surface area contributed by atoms with E-state index in [-0.39, 0.29) is 24.0 Å². The lowest BCUT2D eigenvalue weighted by molar-refractivity contribution is 0.764. The quantitative estimate of drug-likeness (QED) is 0.461. The SMILES string of the molecule is CN=C(NCc1cnn(C)c1)NCc1ncc(C)s1.I. The van der Waals surface area contributed by atoms with Crippen molar-refractivity contribution in [2.24, 2.45) is 12.0 Å². The second-order valence-electron chi connectivity index (χ2n) is 4.17. The molecule has 0 aliphatic heterocycles. The van der Waals surface area contributed by atoms with Crippen LogP contribution in [-0.2, 0) is 20.1 Å². The van der Waals surface area contributed by atoms with Crippen LogP contribution in [0.2, 0.25) is 0 Å². The van der Waals surface area contributed by atoms with Gasteiger partial charge in [0.15, 0.2) is 5.96 Å². The van der Waals surface area contributed by atoms with Gasteiger partial charge in [0.05, 0.1) is 12.7 Å². The fraction of sp³-hybridized carbons (Fsp3) is 0.417. The molecule has 110 valence electrons. The summed E-state index contributed by atoms with van der Waals surface area (Å²) in [6, 6.07) is 0. The number of rotatable bonds is 4. The Hall–Kier alpha value is -1.16. The van der Waals surface area contributed by atoms with Crippen molar-refractivity contribution in [1.82, 2.24) is 25.4 Å². The minimum Gasteiger partial charge on any atom is -0.352 e. The Balaban J connectivity index is 0.00000200. The topological polar surface area (TPSA) is 67.1 Å². The molecule has 2 N–H and O–H groups in total. The molecule has 2 rings (SSSR count). The normalized spacial score (nSPS) is 11.1. The smallest absolute Gasteiger partial charge is 0.191 e. The molecule has 0 aromatic carbocycles. The van der Waals surface area contributed by atoms with Gasteiger partial charge in [-0.15, -0.1) is 35.3 Å². The highest BCUT2D eigenvalue weighted by molar-refractivity contribution is 14.0. The van der Waals surface area contributed by atoms with Crippen molar-refractivity contribution in [3.63, 3.8) is 0 Å². The number of hydrogen-bond acceptors (Lipinski definition) is 4. The van der Waals surface area contributed by atoms with E-state index in [9.17, 15) is 0 Å². The summed E-state index contributed by atoms with van der Waals surface area (Å²) in [5, 5.41) is 11.7. The third-order valence-electron chi connectivity index (χ3n) is 2.52. The summed E-state index contributed by atoms with van der Waals surface area (Å²) in [7, 11) is 3.66. The lowest BCUT2D eigenvalue weighted by Crippen LogP contribution is -2.36. The van der Waals surface area contributed by atoms with E-state index in [1.54, 1.807) is 23.1 Å². The first kappa shape index (κ1) is 16.9. The second-order valence-corrected chi connectivity index (χ2v) is 5.49.